The van der Waals surface area contributed by atoms with E-state index in [1.165, 1.54) is 12.5 Å². The van der Waals surface area contributed by atoms with Crippen molar-refractivity contribution < 1.29 is 19.4 Å². The fraction of sp³-hybridized carbons (Fsp3) is 0.810. The quantitative estimate of drug-likeness (QED) is 0.580. The molecule has 4 heteroatoms. The van der Waals surface area contributed by atoms with Gasteiger partial charge in [0, 0.05) is 25.2 Å². The second-order valence-corrected chi connectivity index (χ2v) is 9.34. The lowest BCUT2D eigenvalue weighted by atomic mass is 9.47. The lowest BCUT2D eigenvalue weighted by Crippen LogP contribution is -2.56. The molecule has 0 spiro atoms. The van der Waals surface area contributed by atoms with E-state index in [1.807, 2.05) is 6.08 Å². The van der Waals surface area contributed by atoms with Crippen LogP contribution in [0.4, 0.5) is 0 Å². The summed E-state index contributed by atoms with van der Waals surface area (Å²) in [6.45, 7) is 5.87. The van der Waals surface area contributed by atoms with Crippen LogP contribution in [0, 0.1) is 28.6 Å². The van der Waals surface area contributed by atoms with E-state index in [9.17, 15) is 14.7 Å². The maximum atomic E-state index is 11.9. The summed E-state index contributed by atoms with van der Waals surface area (Å²) in [5.74, 6) is 0.118. The Labute approximate surface area is 150 Å². The Morgan fingerprint density at radius 1 is 1.12 bits per heavy atom. The number of ketones is 1. The van der Waals surface area contributed by atoms with E-state index in [-0.39, 0.29) is 16.6 Å². The van der Waals surface area contributed by atoms with Gasteiger partial charge < -0.3 is 9.84 Å². The van der Waals surface area contributed by atoms with E-state index in [4.69, 9.17) is 4.74 Å². The molecule has 25 heavy (non-hydrogen) atoms. The Bertz CT molecular complexity index is 652. The van der Waals surface area contributed by atoms with Crippen molar-refractivity contribution in [2.75, 3.05) is 0 Å². The van der Waals surface area contributed by atoms with Crippen LogP contribution < -0.4 is 0 Å². The maximum absolute atomic E-state index is 11.9. The molecule has 0 radical (unpaired) electrons. The minimum Gasteiger partial charge on any atom is -0.433 e. The highest BCUT2D eigenvalue weighted by Crippen LogP contribution is 2.67. The third-order valence-electron chi connectivity index (χ3n) is 8.35. The summed E-state index contributed by atoms with van der Waals surface area (Å²) < 4.78 is 5.46. The van der Waals surface area contributed by atoms with Gasteiger partial charge in [-0.25, -0.2) is 0 Å². The van der Waals surface area contributed by atoms with Crippen molar-refractivity contribution in [3.05, 3.63) is 11.6 Å². The molecule has 4 rings (SSSR count). The van der Waals surface area contributed by atoms with E-state index >= 15 is 0 Å². The predicted molar refractivity (Wildman–Crippen MR) is 93.4 cm³/mol. The average molecular weight is 346 g/mol. The van der Waals surface area contributed by atoms with E-state index in [0.717, 1.165) is 38.5 Å². The largest absolute Gasteiger partial charge is 0.433 e. The zero-order valence-corrected chi connectivity index (χ0v) is 15.6. The van der Waals surface area contributed by atoms with Gasteiger partial charge in [0.2, 0.25) is 5.79 Å². The molecule has 0 unspecified atom stereocenters. The second kappa shape index (κ2) is 5.42. The zero-order chi connectivity index (χ0) is 18.0. The number of carbonyl (C=O) groups is 2. The molecule has 4 aliphatic rings. The van der Waals surface area contributed by atoms with Crippen molar-refractivity contribution in [1.82, 2.24) is 0 Å². The molecule has 3 fully saturated rings. The molecule has 0 aromatic heterocycles. The van der Waals surface area contributed by atoms with Crippen LogP contribution >= 0.6 is 0 Å². The van der Waals surface area contributed by atoms with Crippen LogP contribution in [0.5, 0.6) is 0 Å². The number of carbonyl (C=O) groups excluding carboxylic acids is 2. The summed E-state index contributed by atoms with van der Waals surface area (Å²) in [6, 6.07) is 0. The molecule has 0 aromatic rings. The zero-order valence-electron chi connectivity index (χ0n) is 15.6. The summed E-state index contributed by atoms with van der Waals surface area (Å²) in [7, 11) is 0. The van der Waals surface area contributed by atoms with Gasteiger partial charge in [-0.15, -0.1) is 0 Å². The molecule has 1 N–H and O–H groups in total. The van der Waals surface area contributed by atoms with Gasteiger partial charge in [0.1, 0.15) is 0 Å². The Balaban J connectivity index is 1.66. The molecular weight excluding hydrogens is 316 g/mol. The number of aliphatic hydroxyl groups is 1. The lowest BCUT2D eigenvalue weighted by molar-refractivity contribution is -0.263. The summed E-state index contributed by atoms with van der Waals surface area (Å²) in [5.41, 5.74) is 1.16. The highest BCUT2D eigenvalue weighted by atomic mass is 16.7. The average Bonchev–Trinajstić information content (AvgIpc) is 2.79. The number of allylic oxidation sites excluding steroid dienone is 1. The minimum absolute atomic E-state index is 0.139. The van der Waals surface area contributed by atoms with Gasteiger partial charge in [0.15, 0.2) is 5.78 Å². The van der Waals surface area contributed by atoms with E-state index in [0.29, 0.717) is 30.6 Å². The standard InChI is InChI=1S/C21H30O4/c1-13(22)25-21(24)11-8-18-16-5-4-14-12-15(23)6-9-19(14,2)17(16)7-10-20(18,21)3/h12,16-18,24H,4-11H2,1-3H3/t16-,17+,18+,19+,20+,21-/m1/s1. The fourth-order valence-corrected chi connectivity index (χ4v) is 6.94. The van der Waals surface area contributed by atoms with Gasteiger partial charge in [-0.2, -0.15) is 0 Å². The SMILES string of the molecule is CC(=O)O[C@]1(O)CC[C@H]2[C@@H]3CCC4=CC(=O)CC[C@]4(C)[C@H]3CC[C@@]21C. The third-order valence-corrected chi connectivity index (χ3v) is 8.35. The van der Waals surface area contributed by atoms with E-state index in [1.54, 1.807) is 0 Å². The van der Waals surface area contributed by atoms with Gasteiger partial charge in [0.05, 0.1) is 0 Å². The van der Waals surface area contributed by atoms with Gasteiger partial charge in [-0.3, -0.25) is 9.59 Å². The molecule has 0 aromatic carbocycles. The smallest absolute Gasteiger partial charge is 0.305 e. The first-order valence-corrected chi connectivity index (χ1v) is 9.85. The van der Waals surface area contributed by atoms with Crippen molar-refractivity contribution in [3.8, 4) is 0 Å². The summed E-state index contributed by atoms with van der Waals surface area (Å²) >= 11 is 0. The van der Waals surface area contributed by atoms with Crippen LogP contribution in [-0.4, -0.2) is 22.6 Å². The molecule has 0 aliphatic heterocycles. The minimum atomic E-state index is -1.31. The molecule has 4 nitrogen and oxygen atoms in total. The Morgan fingerprint density at radius 3 is 2.56 bits per heavy atom. The topological polar surface area (TPSA) is 63.6 Å². The lowest BCUT2D eigenvalue weighted by Gasteiger charge is -2.58. The number of esters is 1. The number of ether oxygens (including phenoxy) is 1. The first kappa shape index (κ1) is 17.3. The number of hydrogen-bond acceptors (Lipinski definition) is 4. The van der Waals surface area contributed by atoms with Gasteiger partial charge in [-0.1, -0.05) is 19.4 Å². The van der Waals surface area contributed by atoms with Crippen LogP contribution in [0.3, 0.4) is 0 Å². The van der Waals surface area contributed by atoms with Crippen molar-refractivity contribution >= 4 is 11.8 Å². The first-order valence-electron chi connectivity index (χ1n) is 9.85. The molecule has 3 saturated carbocycles. The van der Waals surface area contributed by atoms with Crippen LogP contribution in [0.15, 0.2) is 11.6 Å². The van der Waals surface area contributed by atoms with Crippen LogP contribution in [0.2, 0.25) is 0 Å². The normalized spacial score (nSPS) is 48.9. The molecule has 0 heterocycles. The van der Waals surface area contributed by atoms with Crippen LogP contribution in [-0.2, 0) is 14.3 Å². The van der Waals surface area contributed by atoms with Crippen LogP contribution in [0.1, 0.15) is 72.1 Å². The Morgan fingerprint density at radius 2 is 1.84 bits per heavy atom. The highest BCUT2D eigenvalue weighted by molar-refractivity contribution is 5.91. The first-order chi connectivity index (χ1) is 11.7. The molecule has 0 amide bonds. The fourth-order valence-electron chi connectivity index (χ4n) is 6.94. The van der Waals surface area contributed by atoms with Crippen molar-refractivity contribution in [2.24, 2.45) is 28.6 Å². The van der Waals surface area contributed by atoms with E-state index < -0.39 is 11.8 Å². The van der Waals surface area contributed by atoms with E-state index in [2.05, 4.69) is 13.8 Å². The van der Waals surface area contributed by atoms with Gasteiger partial charge >= 0.3 is 5.97 Å². The Kier molecular flexibility index (Phi) is 3.74. The van der Waals surface area contributed by atoms with Gasteiger partial charge in [0.25, 0.3) is 0 Å². The Hall–Kier alpha value is -1.16. The highest BCUT2D eigenvalue weighted by Gasteiger charge is 2.65. The molecule has 0 bridgehead atoms. The molecule has 138 valence electrons. The number of fused-ring (bicyclic) bond motifs is 5. The molecule has 0 saturated heterocycles. The van der Waals surface area contributed by atoms with Crippen molar-refractivity contribution in [3.63, 3.8) is 0 Å². The van der Waals surface area contributed by atoms with Gasteiger partial charge in [-0.05, 0) is 67.8 Å². The summed E-state index contributed by atoms with van der Waals surface area (Å²) in [6.07, 6.45) is 9.07. The molecule has 4 aliphatic carbocycles. The van der Waals surface area contributed by atoms with Crippen LogP contribution in [0.25, 0.3) is 0 Å². The molecular formula is C21H30O4. The number of rotatable bonds is 1. The second-order valence-electron chi connectivity index (χ2n) is 9.34. The maximum Gasteiger partial charge on any atom is 0.305 e. The predicted octanol–water partition coefficient (Wildman–Crippen LogP) is 3.77. The summed E-state index contributed by atoms with van der Waals surface area (Å²) in [5, 5.41) is 11.1. The summed E-state index contributed by atoms with van der Waals surface area (Å²) in [4.78, 5) is 23.4. The van der Waals surface area contributed by atoms with Crippen molar-refractivity contribution in [2.45, 2.75) is 77.9 Å². The molecule has 6 atom stereocenters. The third kappa shape index (κ3) is 2.29. The number of hydrogen-bond donors (Lipinski definition) is 1. The van der Waals surface area contributed by atoms with Crippen molar-refractivity contribution in [1.29, 1.82) is 0 Å². The monoisotopic (exact) mass is 346 g/mol.